The van der Waals surface area contributed by atoms with Gasteiger partial charge in [0, 0.05) is 6.04 Å². The third-order valence-corrected chi connectivity index (χ3v) is 1.81. The molecule has 1 atom stereocenters. The van der Waals surface area contributed by atoms with Gasteiger partial charge in [-0.15, -0.1) is 6.58 Å². The van der Waals surface area contributed by atoms with Crippen LogP contribution in [0, 0.1) is 0 Å². The lowest BCUT2D eigenvalue weighted by atomic mass is 10.3. The maximum Gasteiger partial charge on any atom is 0.258 e. The summed E-state index contributed by atoms with van der Waals surface area (Å²) < 4.78 is 12.9. The minimum atomic E-state index is -1.56. The van der Waals surface area contributed by atoms with E-state index >= 15 is 0 Å². The van der Waals surface area contributed by atoms with Gasteiger partial charge in [0.15, 0.2) is 5.67 Å². The Morgan fingerprint density at radius 2 is 2.36 bits per heavy atom. The number of carbonyl (C=O) groups is 1. The Labute approximate surface area is 65.5 Å². The van der Waals surface area contributed by atoms with Crippen molar-refractivity contribution < 1.29 is 9.18 Å². The lowest BCUT2D eigenvalue weighted by Gasteiger charge is -2.10. The summed E-state index contributed by atoms with van der Waals surface area (Å²) in [5.41, 5.74) is -1.56. The zero-order valence-electron chi connectivity index (χ0n) is 6.56. The third-order valence-electron chi connectivity index (χ3n) is 1.81. The molecule has 1 aliphatic rings. The summed E-state index contributed by atoms with van der Waals surface area (Å²) in [6.07, 6.45) is 2.30. The average Bonchev–Trinajstić information content (AvgIpc) is 2.69. The molecule has 0 aliphatic heterocycles. The number of hydrogen-bond donors (Lipinski definition) is 1. The first-order valence-corrected chi connectivity index (χ1v) is 3.71. The quantitative estimate of drug-likeness (QED) is 0.612. The van der Waals surface area contributed by atoms with Gasteiger partial charge in [-0.1, -0.05) is 6.08 Å². The van der Waals surface area contributed by atoms with Gasteiger partial charge in [-0.3, -0.25) is 4.79 Å². The van der Waals surface area contributed by atoms with Crippen molar-refractivity contribution in [2.75, 3.05) is 0 Å². The lowest BCUT2D eigenvalue weighted by Crippen LogP contribution is -2.38. The van der Waals surface area contributed by atoms with Crippen LogP contribution in [0.1, 0.15) is 19.8 Å². The van der Waals surface area contributed by atoms with Crippen molar-refractivity contribution in [3.63, 3.8) is 0 Å². The summed E-state index contributed by atoms with van der Waals surface area (Å²) in [7, 11) is 0. The second kappa shape index (κ2) is 2.64. The minimum absolute atomic E-state index is 0.143. The van der Waals surface area contributed by atoms with E-state index in [0.717, 1.165) is 0 Å². The van der Waals surface area contributed by atoms with Crippen LogP contribution >= 0.6 is 0 Å². The van der Waals surface area contributed by atoms with Gasteiger partial charge >= 0.3 is 0 Å². The molecule has 1 unspecified atom stereocenters. The molecule has 62 valence electrons. The van der Waals surface area contributed by atoms with E-state index in [4.69, 9.17) is 0 Å². The third kappa shape index (κ3) is 1.79. The number of amides is 1. The standard InChI is InChI=1S/C8H12FNO/c1-3-6(2)10-7(11)8(9)4-5-8/h3,6H,1,4-5H2,2H3,(H,10,11). The van der Waals surface area contributed by atoms with Crippen molar-refractivity contribution in [2.24, 2.45) is 0 Å². The maximum absolute atomic E-state index is 12.9. The van der Waals surface area contributed by atoms with Crippen LogP contribution in [0.3, 0.4) is 0 Å². The molecule has 2 nitrogen and oxygen atoms in total. The van der Waals surface area contributed by atoms with Crippen molar-refractivity contribution in [1.82, 2.24) is 5.32 Å². The molecule has 0 spiro atoms. The Balaban J connectivity index is 2.37. The maximum atomic E-state index is 12.9. The summed E-state index contributed by atoms with van der Waals surface area (Å²) in [6.45, 7) is 5.24. The van der Waals surface area contributed by atoms with Crippen molar-refractivity contribution in [2.45, 2.75) is 31.5 Å². The Morgan fingerprint density at radius 1 is 1.82 bits per heavy atom. The Morgan fingerprint density at radius 3 is 2.73 bits per heavy atom. The highest BCUT2D eigenvalue weighted by molar-refractivity contribution is 5.88. The van der Waals surface area contributed by atoms with Crippen LogP contribution in [-0.4, -0.2) is 17.6 Å². The van der Waals surface area contributed by atoms with Crippen LogP contribution in [0.15, 0.2) is 12.7 Å². The Bertz CT molecular complexity index is 187. The molecule has 0 heterocycles. The highest BCUT2D eigenvalue weighted by atomic mass is 19.1. The van der Waals surface area contributed by atoms with E-state index in [9.17, 15) is 9.18 Å². The van der Waals surface area contributed by atoms with Gasteiger partial charge in [-0.2, -0.15) is 0 Å². The molecule has 1 aliphatic carbocycles. The van der Waals surface area contributed by atoms with Gasteiger partial charge in [0.05, 0.1) is 0 Å². The van der Waals surface area contributed by atoms with Crippen LogP contribution in [-0.2, 0) is 4.79 Å². The predicted octanol–water partition coefficient (Wildman–Crippen LogP) is 1.18. The molecule has 11 heavy (non-hydrogen) atoms. The van der Waals surface area contributed by atoms with Crippen LogP contribution in [0.5, 0.6) is 0 Å². The molecule has 3 heteroatoms. The molecule has 0 aromatic carbocycles. The van der Waals surface area contributed by atoms with Gasteiger partial charge in [-0.05, 0) is 19.8 Å². The first kappa shape index (κ1) is 8.24. The summed E-state index contributed by atoms with van der Waals surface area (Å²) in [5, 5.41) is 2.50. The highest BCUT2D eigenvalue weighted by Gasteiger charge is 2.50. The van der Waals surface area contributed by atoms with E-state index in [2.05, 4.69) is 11.9 Å². The van der Waals surface area contributed by atoms with Crippen molar-refractivity contribution in [3.05, 3.63) is 12.7 Å². The van der Waals surface area contributed by atoms with E-state index in [1.807, 2.05) is 0 Å². The van der Waals surface area contributed by atoms with E-state index in [0.29, 0.717) is 12.8 Å². The molecule has 0 bridgehead atoms. The summed E-state index contributed by atoms with van der Waals surface area (Å²) in [4.78, 5) is 11.0. The molecule has 1 N–H and O–H groups in total. The number of rotatable bonds is 3. The van der Waals surface area contributed by atoms with Crippen LogP contribution in [0.25, 0.3) is 0 Å². The molecule has 0 saturated heterocycles. The zero-order valence-corrected chi connectivity index (χ0v) is 6.56. The summed E-state index contributed by atoms with van der Waals surface area (Å²) >= 11 is 0. The first-order valence-electron chi connectivity index (χ1n) is 3.71. The molecule has 1 fully saturated rings. The van der Waals surface area contributed by atoms with Crippen molar-refractivity contribution in [1.29, 1.82) is 0 Å². The summed E-state index contributed by atoms with van der Waals surface area (Å²) in [5.74, 6) is -0.495. The smallest absolute Gasteiger partial charge is 0.258 e. The lowest BCUT2D eigenvalue weighted by molar-refractivity contribution is -0.127. The molecular formula is C8H12FNO. The van der Waals surface area contributed by atoms with E-state index in [-0.39, 0.29) is 6.04 Å². The van der Waals surface area contributed by atoms with Gasteiger partial charge in [0.2, 0.25) is 0 Å². The molecule has 1 saturated carbocycles. The molecule has 0 aromatic heterocycles. The van der Waals surface area contributed by atoms with Crippen molar-refractivity contribution >= 4 is 5.91 Å². The minimum Gasteiger partial charge on any atom is -0.347 e. The van der Waals surface area contributed by atoms with Gasteiger partial charge < -0.3 is 5.32 Å². The SMILES string of the molecule is C=CC(C)NC(=O)C1(F)CC1. The average molecular weight is 157 g/mol. The summed E-state index contributed by atoms with van der Waals surface area (Å²) in [6, 6.07) is -0.143. The van der Waals surface area contributed by atoms with Gasteiger partial charge in [0.25, 0.3) is 5.91 Å². The fraction of sp³-hybridized carbons (Fsp3) is 0.625. The second-order valence-electron chi connectivity index (χ2n) is 2.96. The van der Waals surface area contributed by atoms with Crippen LogP contribution in [0.4, 0.5) is 4.39 Å². The Hall–Kier alpha value is -0.860. The highest BCUT2D eigenvalue weighted by Crippen LogP contribution is 2.39. The van der Waals surface area contributed by atoms with Crippen LogP contribution in [0.2, 0.25) is 0 Å². The first-order chi connectivity index (χ1) is 5.08. The Kier molecular flexibility index (Phi) is 1.98. The predicted molar refractivity (Wildman–Crippen MR) is 40.9 cm³/mol. The molecule has 1 rings (SSSR count). The number of alkyl halides is 1. The van der Waals surface area contributed by atoms with Crippen LogP contribution < -0.4 is 5.32 Å². The number of nitrogens with one attached hydrogen (secondary N) is 1. The fourth-order valence-electron chi connectivity index (χ4n) is 0.732. The normalized spacial score (nSPS) is 22.0. The van der Waals surface area contributed by atoms with Crippen molar-refractivity contribution in [3.8, 4) is 0 Å². The number of halogens is 1. The second-order valence-corrected chi connectivity index (χ2v) is 2.96. The molecule has 1 amide bonds. The molecular weight excluding hydrogens is 145 g/mol. The zero-order chi connectivity index (χ0) is 8.48. The van der Waals surface area contributed by atoms with E-state index in [1.54, 1.807) is 13.0 Å². The monoisotopic (exact) mass is 157 g/mol. The van der Waals surface area contributed by atoms with Gasteiger partial charge in [-0.25, -0.2) is 4.39 Å². The number of carbonyl (C=O) groups excluding carboxylic acids is 1. The fourth-order valence-corrected chi connectivity index (χ4v) is 0.732. The van der Waals surface area contributed by atoms with E-state index in [1.165, 1.54) is 0 Å². The van der Waals surface area contributed by atoms with Gasteiger partial charge in [0.1, 0.15) is 0 Å². The number of hydrogen-bond acceptors (Lipinski definition) is 1. The largest absolute Gasteiger partial charge is 0.347 e. The topological polar surface area (TPSA) is 29.1 Å². The van der Waals surface area contributed by atoms with E-state index < -0.39 is 11.6 Å². The molecule has 0 radical (unpaired) electrons. The molecule has 0 aromatic rings.